The average molecular weight is 820 g/mol. The van der Waals surface area contributed by atoms with Gasteiger partial charge in [0.1, 0.15) is 17.5 Å². The summed E-state index contributed by atoms with van der Waals surface area (Å²) in [5.41, 5.74) is -0.635. The summed E-state index contributed by atoms with van der Waals surface area (Å²) in [6.45, 7) is 6.64. The molecule has 5 amide bonds. The molecule has 0 aromatic heterocycles. The van der Waals surface area contributed by atoms with Gasteiger partial charge in [-0.15, -0.1) is 0 Å². The third-order valence-corrected chi connectivity index (χ3v) is 10.2. The predicted octanol–water partition coefficient (Wildman–Crippen LogP) is 5.10. The maximum Gasteiger partial charge on any atom is 0.417 e. The lowest BCUT2D eigenvalue weighted by Crippen LogP contribution is -2.54. The van der Waals surface area contributed by atoms with E-state index in [0.29, 0.717) is 57.6 Å². The van der Waals surface area contributed by atoms with Gasteiger partial charge in [0.15, 0.2) is 6.10 Å². The maximum absolute atomic E-state index is 13.5. The van der Waals surface area contributed by atoms with Gasteiger partial charge in [0.05, 0.1) is 54.8 Å². The number of amides is 5. The second-order valence-electron chi connectivity index (χ2n) is 15.0. The van der Waals surface area contributed by atoms with Gasteiger partial charge >= 0.3 is 6.18 Å². The Morgan fingerprint density at radius 3 is 2.32 bits per heavy atom. The summed E-state index contributed by atoms with van der Waals surface area (Å²) in [6, 6.07) is 15.8. The van der Waals surface area contributed by atoms with Gasteiger partial charge in [-0.1, -0.05) is 32.0 Å². The first-order valence-electron chi connectivity index (χ1n) is 19.2. The largest absolute Gasteiger partial charge is 0.494 e. The number of likely N-dealkylation sites (tertiary alicyclic amines) is 1. The second kappa shape index (κ2) is 18.3. The van der Waals surface area contributed by atoms with Gasteiger partial charge in [-0.2, -0.15) is 18.4 Å². The quantitative estimate of drug-likeness (QED) is 0.129. The number of fused-ring (bicyclic) bond motifs is 1. The van der Waals surface area contributed by atoms with E-state index >= 15 is 0 Å². The first-order chi connectivity index (χ1) is 28.2. The van der Waals surface area contributed by atoms with E-state index < -0.39 is 58.5 Å². The van der Waals surface area contributed by atoms with Crippen molar-refractivity contribution in [1.82, 2.24) is 15.1 Å². The van der Waals surface area contributed by atoms with Crippen LogP contribution in [-0.2, 0) is 36.6 Å². The lowest BCUT2D eigenvalue weighted by molar-refractivity contribution is -0.138. The lowest BCUT2D eigenvalue weighted by atomic mass is 9.89. The number of benzene rings is 3. The summed E-state index contributed by atoms with van der Waals surface area (Å²) in [7, 11) is 0. The minimum atomic E-state index is -4.74. The van der Waals surface area contributed by atoms with Crippen molar-refractivity contribution in [3.8, 4) is 17.6 Å². The van der Waals surface area contributed by atoms with Crippen LogP contribution in [0, 0.1) is 16.7 Å². The Labute approximate surface area is 338 Å². The minimum Gasteiger partial charge on any atom is -0.494 e. The van der Waals surface area contributed by atoms with Crippen molar-refractivity contribution in [2.24, 2.45) is 5.41 Å². The summed E-state index contributed by atoms with van der Waals surface area (Å²) in [6.07, 6.45) is -4.11. The van der Waals surface area contributed by atoms with Crippen molar-refractivity contribution in [2.75, 3.05) is 51.4 Å². The Hall–Kier alpha value is -5.99. The molecule has 2 fully saturated rings. The number of carbonyl (C=O) groups is 5. The van der Waals surface area contributed by atoms with Crippen molar-refractivity contribution < 1.29 is 56.1 Å². The molecule has 3 aromatic rings. The molecule has 0 aliphatic carbocycles. The van der Waals surface area contributed by atoms with E-state index in [0.717, 1.165) is 35.4 Å². The standard InChI is InChI=1S/C42H44F3N5O9/c1-41(2)25-49(40(55)36(41)59-29-13-10-27(23-46)31(22-29)42(43,44)45)24-26-8-11-28(12-9-26)58-18-4-3-17-56-20-21-57-19-16-47-32-7-5-6-30-35(32)39(54)50(38(30)53)33-14-15-34(51)48-37(33)52/h5-13,22,33,36,47H,3-4,14-21,24-25H2,1-2H3,(H,48,51,52). The van der Waals surface area contributed by atoms with E-state index in [1.807, 2.05) is 38.1 Å². The molecule has 3 aliphatic rings. The van der Waals surface area contributed by atoms with E-state index in [4.69, 9.17) is 24.2 Å². The molecular weight excluding hydrogens is 775 g/mol. The van der Waals surface area contributed by atoms with Gasteiger partial charge in [0, 0.05) is 43.8 Å². The monoisotopic (exact) mass is 819 g/mol. The average Bonchev–Trinajstić information content (AvgIpc) is 3.57. The van der Waals surface area contributed by atoms with Crippen LogP contribution in [0.25, 0.3) is 0 Å². The van der Waals surface area contributed by atoms with Crippen molar-refractivity contribution in [2.45, 2.75) is 64.4 Å². The molecule has 0 saturated carbocycles. The summed E-state index contributed by atoms with van der Waals surface area (Å²) >= 11 is 0. The third kappa shape index (κ3) is 10.0. The molecule has 2 saturated heterocycles. The molecule has 0 spiro atoms. The van der Waals surface area contributed by atoms with Crippen LogP contribution in [0.5, 0.6) is 11.5 Å². The Kier molecular flexibility index (Phi) is 13.2. The third-order valence-electron chi connectivity index (χ3n) is 10.2. The Bertz CT molecular complexity index is 2120. The Balaban J connectivity index is 0.837. The second-order valence-corrected chi connectivity index (χ2v) is 15.0. The number of anilines is 1. The zero-order valence-electron chi connectivity index (χ0n) is 32.6. The number of carbonyl (C=O) groups excluding carboxylic acids is 5. The molecule has 3 aromatic carbocycles. The zero-order valence-corrected chi connectivity index (χ0v) is 32.6. The number of unbranched alkanes of at least 4 members (excludes halogenated alkanes) is 1. The molecule has 2 atom stereocenters. The normalized spacial score (nSPS) is 18.8. The van der Waals surface area contributed by atoms with Gasteiger partial charge < -0.3 is 29.2 Å². The van der Waals surface area contributed by atoms with E-state index in [-0.39, 0.29) is 42.2 Å². The summed E-state index contributed by atoms with van der Waals surface area (Å²) in [5, 5.41) is 14.4. The molecule has 2 N–H and O–H groups in total. The number of ether oxygens (including phenoxy) is 4. The van der Waals surface area contributed by atoms with E-state index in [1.165, 1.54) is 12.1 Å². The van der Waals surface area contributed by atoms with Crippen LogP contribution in [0.2, 0.25) is 0 Å². The molecule has 6 rings (SSSR count). The topological polar surface area (TPSA) is 177 Å². The highest BCUT2D eigenvalue weighted by atomic mass is 19.4. The van der Waals surface area contributed by atoms with Crippen LogP contribution in [0.4, 0.5) is 18.9 Å². The predicted molar refractivity (Wildman–Crippen MR) is 204 cm³/mol. The lowest BCUT2D eigenvalue weighted by Gasteiger charge is -2.27. The van der Waals surface area contributed by atoms with Gasteiger partial charge in [0.25, 0.3) is 17.7 Å². The number of nitriles is 1. The van der Waals surface area contributed by atoms with Crippen LogP contribution in [0.3, 0.4) is 0 Å². The van der Waals surface area contributed by atoms with Crippen LogP contribution in [0.1, 0.15) is 76.9 Å². The Morgan fingerprint density at radius 2 is 1.61 bits per heavy atom. The molecule has 3 heterocycles. The SMILES string of the molecule is CC1(C)CN(Cc2ccc(OCCCCOCCOCCNc3cccc4c3C(=O)N(C3CCC(=O)NC3=O)C4=O)cc2)C(=O)C1Oc1ccc(C#N)c(C(F)(F)F)c1. The smallest absolute Gasteiger partial charge is 0.417 e. The molecule has 0 radical (unpaired) electrons. The minimum absolute atomic E-state index is 0.0461. The fraction of sp³-hybridized carbons (Fsp3) is 0.429. The van der Waals surface area contributed by atoms with Crippen LogP contribution < -0.4 is 20.1 Å². The van der Waals surface area contributed by atoms with Gasteiger partial charge in [-0.3, -0.25) is 34.2 Å². The maximum atomic E-state index is 13.5. The zero-order chi connectivity index (χ0) is 42.3. The highest BCUT2D eigenvalue weighted by Gasteiger charge is 2.49. The number of nitrogens with one attached hydrogen (secondary N) is 2. The molecule has 17 heteroatoms. The molecule has 2 unspecified atom stereocenters. The first kappa shape index (κ1) is 42.6. The Morgan fingerprint density at radius 1 is 0.898 bits per heavy atom. The fourth-order valence-electron chi connectivity index (χ4n) is 7.21. The van der Waals surface area contributed by atoms with Gasteiger partial charge in [-0.05, 0) is 67.3 Å². The summed E-state index contributed by atoms with van der Waals surface area (Å²) in [5.74, 6) is -2.06. The molecule has 59 heavy (non-hydrogen) atoms. The molecular formula is C42H44F3N5O9. The number of nitrogens with zero attached hydrogens (tertiary/aromatic N) is 3. The molecule has 312 valence electrons. The fourth-order valence-corrected chi connectivity index (χ4v) is 7.21. The van der Waals surface area contributed by atoms with E-state index in [2.05, 4.69) is 10.6 Å². The number of imide groups is 2. The summed E-state index contributed by atoms with van der Waals surface area (Å²) in [4.78, 5) is 66.0. The van der Waals surface area contributed by atoms with Crippen molar-refractivity contribution >= 4 is 35.2 Å². The summed E-state index contributed by atoms with van der Waals surface area (Å²) < 4.78 is 63.4. The van der Waals surface area contributed by atoms with Gasteiger partial charge in [-0.25, -0.2) is 0 Å². The van der Waals surface area contributed by atoms with Crippen molar-refractivity contribution in [1.29, 1.82) is 5.26 Å². The number of hydrogen-bond acceptors (Lipinski definition) is 11. The number of halogens is 3. The highest BCUT2D eigenvalue weighted by molar-refractivity contribution is 6.25. The molecule has 0 bridgehead atoms. The molecule has 14 nitrogen and oxygen atoms in total. The van der Waals surface area contributed by atoms with Crippen LogP contribution >= 0.6 is 0 Å². The van der Waals surface area contributed by atoms with Crippen molar-refractivity contribution in [3.05, 3.63) is 88.5 Å². The molecule has 3 aliphatic heterocycles. The highest BCUT2D eigenvalue weighted by Crippen LogP contribution is 2.38. The van der Waals surface area contributed by atoms with Crippen LogP contribution in [0.15, 0.2) is 60.7 Å². The van der Waals surface area contributed by atoms with Gasteiger partial charge in [0.2, 0.25) is 11.8 Å². The van der Waals surface area contributed by atoms with E-state index in [9.17, 15) is 37.1 Å². The van der Waals surface area contributed by atoms with E-state index in [1.54, 1.807) is 23.1 Å². The number of hydrogen-bond donors (Lipinski definition) is 2. The number of rotatable bonds is 18. The number of alkyl halides is 3. The van der Waals surface area contributed by atoms with Crippen molar-refractivity contribution in [3.63, 3.8) is 0 Å². The first-order valence-corrected chi connectivity index (χ1v) is 19.2. The number of piperidine rings is 1. The van der Waals surface area contributed by atoms with Crippen LogP contribution in [-0.4, -0.2) is 97.6 Å².